The van der Waals surface area contributed by atoms with Crippen molar-refractivity contribution in [2.24, 2.45) is 5.92 Å². The molecule has 114 valence electrons. The highest BCUT2D eigenvalue weighted by molar-refractivity contribution is 5.37. The molecule has 0 saturated carbocycles. The lowest BCUT2D eigenvalue weighted by atomic mass is 9.96. The largest absolute Gasteiger partial charge is 0.314 e. The second-order valence-corrected chi connectivity index (χ2v) is 6.22. The summed E-state index contributed by atoms with van der Waals surface area (Å²) >= 11 is 0. The van der Waals surface area contributed by atoms with E-state index in [2.05, 4.69) is 30.1 Å². The van der Waals surface area contributed by atoms with E-state index in [1.54, 1.807) is 6.07 Å². The van der Waals surface area contributed by atoms with E-state index < -0.39 is 0 Å². The molecule has 0 radical (unpaired) electrons. The average Bonchev–Trinajstić information content (AvgIpc) is 2.46. The zero-order valence-electron chi connectivity index (χ0n) is 12.9. The minimum absolute atomic E-state index is 0.265. The van der Waals surface area contributed by atoms with E-state index in [9.17, 15) is 4.39 Å². The predicted molar refractivity (Wildman–Crippen MR) is 82.3 cm³/mol. The zero-order valence-corrected chi connectivity index (χ0v) is 12.9. The lowest BCUT2D eigenvalue weighted by Gasteiger charge is -2.33. The van der Waals surface area contributed by atoms with Crippen LogP contribution < -0.4 is 5.32 Å². The number of likely N-dealkylation sites (tertiary alicyclic amines) is 1. The Labute approximate surface area is 126 Å². The molecule has 4 heteroatoms. The Morgan fingerprint density at radius 1 is 1.48 bits per heavy atom. The summed E-state index contributed by atoms with van der Waals surface area (Å²) in [5.74, 6) is 0.374. The van der Waals surface area contributed by atoms with E-state index in [1.165, 1.54) is 25.0 Å². The number of benzene rings is 1. The molecule has 1 fully saturated rings. The molecule has 1 unspecified atom stereocenters. The summed E-state index contributed by atoms with van der Waals surface area (Å²) in [6.07, 6.45) is 2.41. The molecule has 1 aromatic rings. The van der Waals surface area contributed by atoms with Gasteiger partial charge in [-0.2, -0.15) is 5.26 Å². The third-order valence-electron chi connectivity index (χ3n) is 4.00. The molecular weight excluding hydrogens is 265 g/mol. The maximum atomic E-state index is 13.4. The van der Waals surface area contributed by atoms with Crippen LogP contribution in [0.5, 0.6) is 0 Å². The third-order valence-corrected chi connectivity index (χ3v) is 4.00. The lowest BCUT2D eigenvalue weighted by molar-refractivity contribution is 0.163. The summed E-state index contributed by atoms with van der Waals surface area (Å²) in [6, 6.07) is 7.09. The number of hydrogen-bond acceptors (Lipinski definition) is 3. The van der Waals surface area contributed by atoms with Crippen LogP contribution in [-0.4, -0.2) is 30.6 Å². The van der Waals surface area contributed by atoms with Crippen molar-refractivity contribution in [1.82, 2.24) is 10.2 Å². The molecule has 3 nitrogen and oxygen atoms in total. The molecule has 1 heterocycles. The predicted octanol–water partition coefficient (Wildman–Crippen LogP) is 2.91. The molecule has 21 heavy (non-hydrogen) atoms. The highest BCUT2D eigenvalue weighted by atomic mass is 19.1. The molecule has 2 rings (SSSR count). The first kappa shape index (κ1) is 15.9. The van der Waals surface area contributed by atoms with Gasteiger partial charge in [0.05, 0.1) is 11.6 Å². The smallest absolute Gasteiger partial charge is 0.123 e. The van der Waals surface area contributed by atoms with Gasteiger partial charge in [-0.15, -0.1) is 0 Å². The van der Waals surface area contributed by atoms with Crippen molar-refractivity contribution in [2.75, 3.05) is 19.6 Å². The highest BCUT2D eigenvalue weighted by Gasteiger charge is 2.20. The number of piperidine rings is 1. The van der Waals surface area contributed by atoms with Gasteiger partial charge >= 0.3 is 0 Å². The number of nitrogens with one attached hydrogen (secondary N) is 1. The van der Waals surface area contributed by atoms with Gasteiger partial charge in [0, 0.05) is 19.1 Å². The van der Waals surface area contributed by atoms with Crippen LogP contribution in [-0.2, 0) is 6.54 Å². The molecule has 1 saturated heterocycles. The monoisotopic (exact) mass is 289 g/mol. The van der Waals surface area contributed by atoms with Gasteiger partial charge in [-0.3, -0.25) is 4.90 Å². The maximum Gasteiger partial charge on any atom is 0.123 e. The molecule has 1 atom stereocenters. The van der Waals surface area contributed by atoms with Crippen molar-refractivity contribution in [3.05, 3.63) is 35.1 Å². The molecule has 0 spiro atoms. The highest BCUT2D eigenvalue weighted by Crippen LogP contribution is 2.20. The number of rotatable bonds is 5. The minimum Gasteiger partial charge on any atom is -0.314 e. The van der Waals surface area contributed by atoms with Gasteiger partial charge in [0.25, 0.3) is 0 Å². The van der Waals surface area contributed by atoms with E-state index in [1.807, 2.05) is 0 Å². The van der Waals surface area contributed by atoms with Gasteiger partial charge in [-0.1, -0.05) is 13.8 Å². The molecular formula is C17H24FN3. The molecule has 0 amide bonds. The topological polar surface area (TPSA) is 39.1 Å². The van der Waals surface area contributed by atoms with Crippen LogP contribution >= 0.6 is 0 Å². The first-order valence-corrected chi connectivity index (χ1v) is 7.72. The van der Waals surface area contributed by atoms with Crippen molar-refractivity contribution < 1.29 is 4.39 Å². The van der Waals surface area contributed by atoms with Crippen molar-refractivity contribution >= 4 is 0 Å². The van der Waals surface area contributed by atoms with Crippen LogP contribution in [0.15, 0.2) is 18.2 Å². The summed E-state index contributed by atoms with van der Waals surface area (Å²) in [5.41, 5.74) is 1.38. The Kier molecular flexibility index (Phi) is 5.72. The molecule has 1 aromatic carbocycles. The second-order valence-electron chi connectivity index (χ2n) is 6.22. The molecule has 0 bridgehead atoms. The number of halogens is 1. The van der Waals surface area contributed by atoms with E-state index in [-0.39, 0.29) is 5.82 Å². The SMILES string of the molecule is CC(C)NCC1CCCN(Cc2cc(F)ccc2C#N)C1. The average molecular weight is 289 g/mol. The van der Waals surface area contributed by atoms with Crippen molar-refractivity contribution in [3.63, 3.8) is 0 Å². The number of hydrogen-bond donors (Lipinski definition) is 1. The summed E-state index contributed by atoms with van der Waals surface area (Å²) in [5, 5.41) is 12.6. The Morgan fingerprint density at radius 3 is 3.00 bits per heavy atom. The molecule has 0 aliphatic carbocycles. The van der Waals surface area contributed by atoms with E-state index in [0.717, 1.165) is 25.2 Å². The fourth-order valence-corrected chi connectivity index (χ4v) is 2.91. The zero-order chi connectivity index (χ0) is 15.2. The van der Waals surface area contributed by atoms with Gasteiger partial charge < -0.3 is 5.32 Å². The summed E-state index contributed by atoms with van der Waals surface area (Å²) < 4.78 is 13.4. The maximum absolute atomic E-state index is 13.4. The van der Waals surface area contributed by atoms with Gasteiger partial charge in [-0.05, 0) is 55.6 Å². The molecule has 1 N–H and O–H groups in total. The van der Waals surface area contributed by atoms with Gasteiger partial charge in [-0.25, -0.2) is 4.39 Å². The van der Waals surface area contributed by atoms with Crippen LogP contribution in [0.1, 0.15) is 37.8 Å². The fraction of sp³-hybridized carbons (Fsp3) is 0.588. The van der Waals surface area contributed by atoms with Gasteiger partial charge in [0.15, 0.2) is 0 Å². The first-order valence-electron chi connectivity index (χ1n) is 7.72. The molecule has 0 aromatic heterocycles. The third kappa shape index (κ3) is 4.80. The van der Waals surface area contributed by atoms with Crippen LogP contribution in [0, 0.1) is 23.1 Å². The van der Waals surface area contributed by atoms with Crippen molar-refractivity contribution in [3.8, 4) is 6.07 Å². The van der Waals surface area contributed by atoms with Crippen molar-refractivity contribution in [2.45, 2.75) is 39.3 Å². The fourth-order valence-electron chi connectivity index (χ4n) is 2.91. The Morgan fingerprint density at radius 2 is 2.29 bits per heavy atom. The Balaban J connectivity index is 1.96. The first-order chi connectivity index (χ1) is 10.1. The summed E-state index contributed by atoms with van der Waals surface area (Å²) in [7, 11) is 0. The Bertz CT molecular complexity index is 507. The number of nitrogens with zero attached hydrogens (tertiary/aromatic N) is 2. The molecule has 1 aliphatic rings. The van der Waals surface area contributed by atoms with Crippen LogP contribution in [0.25, 0.3) is 0 Å². The Hall–Kier alpha value is -1.44. The van der Waals surface area contributed by atoms with Crippen LogP contribution in [0.2, 0.25) is 0 Å². The van der Waals surface area contributed by atoms with Gasteiger partial charge in [0.2, 0.25) is 0 Å². The van der Waals surface area contributed by atoms with Crippen LogP contribution in [0.3, 0.4) is 0 Å². The van der Waals surface area contributed by atoms with E-state index in [0.29, 0.717) is 24.1 Å². The standard InChI is InChI=1S/C17H24FN3/c1-13(2)20-10-14-4-3-7-21(11-14)12-16-8-17(18)6-5-15(16)9-19/h5-6,8,13-14,20H,3-4,7,10-12H2,1-2H3. The quantitative estimate of drug-likeness (QED) is 0.906. The van der Waals surface area contributed by atoms with Gasteiger partial charge in [0.1, 0.15) is 5.82 Å². The van der Waals surface area contributed by atoms with Crippen LogP contribution in [0.4, 0.5) is 4.39 Å². The summed E-state index contributed by atoms with van der Waals surface area (Å²) in [4.78, 5) is 2.34. The van der Waals surface area contributed by atoms with E-state index in [4.69, 9.17) is 5.26 Å². The number of nitriles is 1. The molecule has 1 aliphatic heterocycles. The normalized spacial score (nSPS) is 19.7. The van der Waals surface area contributed by atoms with Crippen molar-refractivity contribution in [1.29, 1.82) is 5.26 Å². The second kappa shape index (κ2) is 7.53. The van der Waals surface area contributed by atoms with E-state index >= 15 is 0 Å². The summed E-state index contributed by atoms with van der Waals surface area (Å²) in [6.45, 7) is 8.06. The minimum atomic E-state index is -0.265. The lowest BCUT2D eigenvalue weighted by Crippen LogP contribution is -2.40.